The minimum absolute atomic E-state index is 0.0185. The van der Waals surface area contributed by atoms with Crippen LogP contribution in [0.15, 0.2) is 40.8 Å². The minimum Gasteiger partial charge on any atom is -0.497 e. The lowest BCUT2D eigenvalue weighted by Crippen LogP contribution is -1.82. The van der Waals surface area contributed by atoms with Gasteiger partial charge in [-0.25, -0.2) is 9.37 Å². The highest BCUT2D eigenvalue weighted by molar-refractivity contribution is 6.31. The third kappa shape index (κ3) is 2.15. The van der Waals surface area contributed by atoms with Gasteiger partial charge in [-0.2, -0.15) is 0 Å². The van der Waals surface area contributed by atoms with Gasteiger partial charge in [-0.1, -0.05) is 11.6 Å². The second-order valence-corrected chi connectivity index (χ2v) is 4.39. The van der Waals surface area contributed by atoms with Crippen molar-refractivity contribution < 1.29 is 13.5 Å². The highest BCUT2D eigenvalue weighted by Crippen LogP contribution is 2.28. The number of aromatic nitrogens is 1. The molecule has 2 aromatic carbocycles. The summed E-state index contributed by atoms with van der Waals surface area (Å²) in [6, 6.07) is 9.93. The van der Waals surface area contributed by atoms with Gasteiger partial charge in [0.25, 0.3) is 0 Å². The van der Waals surface area contributed by atoms with Crippen molar-refractivity contribution in [1.82, 2.24) is 4.98 Å². The van der Waals surface area contributed by atoms with Gasteiger partial charge < -0.3 is 9.15 Å². The predicted octanol–water partition coefficient (Wildman–Crippen LogP) is 4.30. The number of benzene rings is 2. The Morgan fingerprint density at radius 1 is 1.21 bits per heavy atom. The third-order valence-corrected chi connectivity index (χ3v) is 3.06. The Morgan fingerprint density at radius 2 is 1.95 bits per heavy atom. The Kier molecular flexibility index (Phi) is 2.87. The van der Waals surface area contributed by atoms with Crippen LogP contribution in [0.1, 0.15) is 0 Å². The zero-order chi connectivity index (χ0) is 13.4. The molecule has 3 aromatic rings. The molecule has 0 bridgehead atoms. The zero-order valence-electron chi connectivity index (χ0n) is 9.98. The number of rotatable bonds is 2. The Bertz CT molecular complexity index is 698. The van der Waals surface area contributed by atoms with Gasteiger partial charge in [-0.15, -0.1) is 0 Å². The smallest absolute Gasteiger partial charge is 0.227 e. The van der Waals surface area contributed by atoms with Crippen molar-refractivity contribution in [2.75, 3.05) is 7.11 Å². The van der Waals surface area contributed by atoms with E-state index >= 15 is 0 Å². The largest absolute Gasteiger partial charge is 0.497 e. The molecule has 3 rings (SSSR count). The second-order valence-electron chi connectivity index (χ2n) is 3.98. The van der Waals surface area contributed by atoms with Crippen LogP contribution in [-0.2, 0) is 0 Å². The maximum absolute atomic E-state index is 13.3. The molecule has 0 radical (unpaired) electrons. The zero-order valence-corrected chi connectivity index (χ0v) is 10.7. The van der Waals surface area contributed by atoms with E-state index in [0.29, 0.717) is 17.0 Å². The van der Waals surface area contributed by atoms with Gasteiger partial charge in [-0.05, 0) is 24.3 Å². The lowest BCUT2D eigenvalue weighted by molar-refractivity contribution is 0.415. The molecule has 0 unspecified atom stereocenters. The number of ether oxygens (including phenoxy) is 1. The first-order valence-corrected chi connectivity index (χ1v) is 5.95. The number of halogens is 2. The summed E-state index contributed by atoms with van der Waals surface area (Å²) in [6.07, 6.45) is 0. The molecule has 96 valence electrons. The van der Waals surface area contributed by atoms with E-state index in [0.717, 1.165) is 11.3 Å². The second kappa shape index (κ2) is 4.55. The molecular weight excluding hydrogens is 269 g/mol. The molecule has 0 spiro atoms. The SMILES string of the molecule is COc1ccc(-c2nc3cc(F)c(Cl)cc3o2)cc1. The van der Waals surface area contributed by atoms with Crippen molar-refractivity contribution in [3.05, 3.63) is 47.2 Å². The maximum atomic E-state index is 13.3. The molecule has 0 amide bonds. The molecule has 0 N–H and O–H groups in total. The Hall–Kier alpha value is -2.07. The van der Waals surface area contributed by atoms with Crippen LogP contribution in [0.2, 0.25) is 5.02 Å². The molecule has 0 aliphatic rings. The molecule has 1 aromatic heterocycles. The molecule has 0 aliphatic carbocycles. The van der Waals surface area contributed by atoms with Crippen molar-refractivity contribution in [3.8, 4) is 17.2 Å². The van der Waals surface area contributed by atoms with Crippen LogP contribution in [0.25, 0.3) is 22.6 Å². The van der Waals surface area contributed by atoms with Crippen LogP contribution in [0.4, 0.5) is 4.39 Å². The van der Waals surface area contributed by atoms with Gasteiger partial charge in [0.2, 0.25) is 5.89 Å². The van der Waals surface area contributed by atoms with Crippen LogP contribution >= 0.6 is 11.6 Å². The van der Waals surface area contributed by atoms with E-state index in [1.807, 2.05) is 12.1 Å². The van der Waals surface area contributed by atoms with Crippen LogP contribution in [-0.4, -0.2) is 12.1 Å². The molecular formula is C14H9ClFNO2. The van der Waals surface area contributed by atoms with Crippen LogP contribution < -0.4 is 4.74 Å². The molecule has 0 atom stereocenters. The molecule has 19 heavy (non-hydrogen) atoms. The predicted molar refractivity (Wildman–Crippen MR) is 71.0 cm³/mol. The molecule has 1 heterocycles. The highest BCUT2D eigenvalue weighted by atomic mass is 35.5. The number of hydrogen-bond donors (Lipinski definition) is 0. The number of hydrogen-bond acceptors (Lipinski definition) is 3. The summed E-state index contributed by atoms with van der Waals surface area (Å²) in [5, 5.41) is 0.0185. The number of nitrogens with zero attached hydrogens (tertiary/aromatic N) is 1. The van der Waals surface area contributed by atoms with Crippen LogP contribution in [0, 0.1) is 5.82 Å². The van der Waals surface area contributed by atoms with E-state index in [4.69, 9.17) is 20.8 Å². The van der Waals surface area contributed by atoms with Gasteiger partial charge in [0, 0.05) is 17.7 Å². The van der Waals surface area contributed by atoms with E-state index in [1.54, 1.807) is 19.2 Å². The third-order valence-electron chi connectivity index (χ3n) is 2.77. The molecule has 3 nitrogen and oxygen atoms in total. The summed E-state index contributed by atoms with van der Waals surface area (Å²) in [5.74, 6) is 0.650. The summed E-state index contributed by atoms with van der Waals surface area (Å²) in [4.78, 5) is 4.23. The normalized spacial score (nSPS) is 10.9. The van der Waals surface area contributed by atoms with Crippen LogP contribution in [0.3, 0.4) is 0 Å². The first-order valence-electron chi connectivity index (χ1n) is 5.57. The highest BCUT2D eigenvalue weighted by Gasteiger charge is 2.11. The quantitative estimate of drug-likeness (QED) is 0.701. The van der Waals surface area contributed by atoms with Gasteiger partial charge >= 0.3 is 0 Å². The monoisotopic (exact) mass is 277 g/mol. The number of fused-ring (bicyclic) bond motifs is 1. The van der Waals surface area contributed by atoms with Crippen molar-refractivity contribution in [2.45, 2.75) is 0 Å². The molecule has 0 aliphatic heterocycles. The molecule has 5 heteroatoms. The average molecular weight is 278 g/mol. The fourth-order valence-electron chi connectivity index (χ4n) is 1.78. The van der Waals surface area contributed by atoms with E-state index < -0.39 is 5.82 Å². The van der Waals surface area contributed by atoms with Crippen molar-refractivity contribution in [2.24, 2.45) is 0 Å². The van der Waals surface area contributed by atoms with E-state index in [9.17, 15) is 4.39 Å². The minimum atomic E-state index is -0.510. The summed E-state index contributed by atoms with van der Waals surface area (Å²) in [6.45, 7) is 0. The fourth-order valence-corrected chi connectivity index (χ4v) is 1.93. The lowest BCUT2D eigenvalue weighted by atomic mass is 10.2. The van der Waals surface area contributed by atoms with Crippen LogP contribution in [0.5, 0.6) is 5.75 Å². The summed E-state index contributed by atoms with van der Waals surface area (Å²) < 4.78 is 24.0. The fraction of sp³-hybridized carbons (Fsp3) is 0.0714. The van der Waals surface area contributed by atoms with E-state index in [-0.39, 0.29) is 5.02 Å². The Balaban J connectivity index is 2.09. The summed E-state index contributed by atoms with van der Waals surface area (Å²) >= 11 is 5.70. The molecule has 0 saturated heterocycles. The van der Waals surface area contributed by atoms with Gasteiger partial charge in [-0.3, -0.25) is 0 Å². The van der Waals surface area contributed by atoms with Gasteiger partial charge in [0.05, 0.1) is 12.1 Å². The number of methoxy groups -OCH3 is 1. The average Bonchev–Trinajstić information content (AvgIpc) is 2.82. The molecule has 0 fully saturated rings. The topological polar surface area (TPSA) is 35.3 Å². The Morgan fingerprint density at radius 3 is 2.63 bits per heavy atom. The summed E-state index contributed by atoms with van der Waals surface area (Å²) in [5.41, 5.74) is 1.68. The van der Waals surface area contributed by atoms with E-state index in [1.165, 1.54) is 12.1 Å². The van der Waals surface area contributed by atoms with Crippen molar-refractivity contribution >= 4 is 22.7 Å². The molecule has 0 saturated carbocycles. The summed E-state index contributed by atoms with van der Waals surface area (Å²) in [7, 11) is 1.60. The lowest BCUT2D eigenvalue weighted by Gasteiger charge is -1.99. The van der Waals surface area contributed by atoms with Crippen molar-refractivity contribution in [3.63, 3.8) is 0 Å². The van der Waals surface area contributed by atoms with Gasteiger partial charge in [0.1, 0.15) is 17.1 Å². The first-order chi connectivity index (χ1) is 9.17. The maximum Gasteiger partial charge on any atom is 0.227 e. The van der Waals surface area contributed by atoms with E-state index in [2.05, 4.69) is 4.98 Å². The van der Waals surface area contributed by atoms with Crippen molar-refractivity contribution in [1.29, 1.82) is 0 Å². The first kappa shape index (κ1) is 12.0. The Labute approximate surface area is 113 Å². The number of oxazole rings is 1. The standard InChI is InChI=1S/C14H9ClFNO2/c1-18-9-4-2-8(3-5-9)14-17-12-7-11(16)10(15)6-13(12)19-14/h2-7H,1H3. The van der Waals surface area contributed by atoms with Gasteiger partial charge in [0.15, 0.2) is 5.58 Å².